The molecule has 2 heterocycles. The predicted molar refractivity (Wildman–Crippen MR) is 91.7 cm³/mol. The fourth-order valence-corrected chi connectivity index (χ4v) is 8.13. The topological polar surface area (TPSA) is 110 Å². The molecule has 26 heavy (non-hydrogen) atoms. The molecular formula is C20H30O6. The van der Waals surface area contributed by atoms with Gasteiger partial charge in [0.25, 0.3) is 0 Å². The van der Waals surface area contributed by atoms with Crippen molar-refractivity contribution >= 4 is 0 Å². The third-order valence-electron chi connectivity index (χ3n) is 9.02. The van der Waals surface area contributed by atoms with Crippen molar-refractivity contribution in [2.75, 3.05) is 6.61 Å². The van der Waals surface area contributed by atoms with Crippen LogP contribution in [0.25, 0.3) is 0 Å². The average Bonchev–Trinajstić information content (AvgIpc) is 2.76. The molecule has 6 fully saturated rings. The molecule has 0 amide bonds. The summed E-state index contributed by atoms with van der Waals surface area (Å²) in [6.07, 6.45) is -1.67. The number of rotatable bonds is 0. The van der Waals surface area contributed by atoms with Crippen LogP contribution in [0.15, 0.2) is 12.2 Å². The molecule has 2 aliphatic heterocycles. The van der Waals surface area contributed by atoms with Crippen LogP contribution in [0.5, 0.6) is 0 Å². The van der Waals surface area contributed by atoms with Crippen molar-refractivity contribution in [3.05, 3.63) is 12.2 Å². The second-order valence-electron chi connectivity index (χ2n) is 10.3. The minimum Gasteiger partial charge on any atom is -0.393 e. The highest BCUT2D eigenvalue weighted by Gasteiger charge is 2.85. The highest BCUT2D eigenvalue weighted by Crippen LogP contribution is 2.77. The van der Waals surface area contributed by atoms with Gasteiger partial charge in [-0.15, -0.1) is 0 Å². The lowest BCUT2D eigenvalue weighted by atomic mass is 9.35. The second kappa shape index (κ2) is 4.73. The van der Waals surface area contributed by atoms with Crippen molar-refractivity contribution in [1.82, 2.24) is 0 Å². The molecule has 146 valence electrons. The molecule has 2 saturated heterocycles. The summed E-state index contributed by atoms with van der Waals surface area (Å²) in [6, 6.07) is 0. The molecule has 4 saturated carbocycles. The van der Waals surface area contributed by atoms with Crippen molar-refractivity contribution in [3.8, 4) is 0 Å². The zero-order valence-corrected chi connectivity index (χ0v) is 15.4. The smallest absolute Gasteiger partial charge is 0.201 e. The molecule has 6 aliphatic rings. The molecule has 0 aromatic carbocycles. The lowest BCUT2D eigenvalue weighted by molar-refractivity contribution is -0.473. The summed E-state index contributed by atoms with van der Waals surface area (Å²) in [5.74, 6) is -3.02. The van der Waals surface area contributed by atoms with Crippen LogP contribution in [0.4, 0.5) is 0 Å². The van der Waals surface area contributed by atoms with Gasteiger partial charge in [0.15, 0.2) is 0 Å². The summed E-state index contributed by atoms with van der Waals surface area (Å²) in [5.41, 5.74) is -1.84. The summed E-state index contributed by atoms with van der Waals surface area (Å²) in [4.78, 5) is 0. The van der Waals surface area contributed by atoms with E-state index in [0.717, 1.165) is 6.42 Å². The SMILES string of the molecule is C=C1[C@@H]2C[C@@H](O)[C@H]3[C@@]45CO[C@](O)([C@@H](O)[C@@H]4C(C)(C)CC[C@@H]5O)[C@]3(C2)[C@@H]1O. The van der Waals surface area contributed by atoms with Gasteiger partial charge in [-0.25, -0.2) is 0 Å². The molecule has 6 nitrogen and oxygen atoms in total. The molecule has 10 atom stereocenters. The first kappa shape index (κ1) is 17.6. The highest BCUT2D eigenvalue weighted by molar-refractivity contribution is 5.36. The quantitative estimate of drug-likeness (QED) is 0.391. The van der Waals surface area contributed by atoms with Crippen molar-refractivity contribution in [3.63, 3.8) is 0 Å². The Labute approximate surface area is 153 Å². The number of hydrogen-bond acceptors (Lipinski definition) is 6. The van der Waals surface area contributed by atoms with Crippen molar-refractivity contribution in [2.24, 2.45) is 34.0 Å². The summed E-state index contributed by atoms with van der Waals surface area (Å²) >= 11 is 0. The van der Waals surface area contributed by atoms with Crippen molar-refractivity contribution in [2.45, 2.75) is 69.7 Å². The maximum atomic E-state index is 11.7. The van der Waals surface area contributed by atoms with Crippen LogP contribution in [0.3, 0.4) is 0 Å². The Bertz CT molecular complexity index is 677. The van der Waals surface area contributed by atoms with Gasteiger partial charge in [-0.05, 0) is 42.6 Å². The molecule has 6 heteroatoms. The zero-order chi connectivity index (χ0) is 18.9. The first-order chi connectivity index (χ1) is 12.0. The van der Waals surface area contributed by atoms with Gasteiger partial charge in [-0.3, -0.25) is 0 Å². The minimum atomic E-state index is -1.95. The fourth-order valence-electron chi connectivity index (χ4n) is 8.13. The molecule has 0 aromatic rings. The number of hydrogen-bond donors (Lipinski definition) is 5. The van der Waals surface area contributed by atoms with Crippen LogP contribution in [-0.2, 0) is 4.74 Å². The Morgan fingerprint density at radius 1 is 1.12 bits per heavy atom. The van der Waals surface area contributed by atoms with Gasteiger partial charge in [0.05, 0.1) is 30.3 Å². The zero-order valence-electron chi connectivity index (χ0n) is 15.4. The van der Waals surface area contributed by atoms with Gasteiger partial charge in [0.2, 0.25) is 5.79 Å². The minimum absolute atomic E-state index is 0.0865. The van der Waals surface area contributed by atoms with Gasteiger partial charge in [-0.1, -0.05) is 20.4 Å². The van der Waals surface area contributed by atoms with Gasteiger partial charge >= 0.3 is 0 Å². The van der Waals surface area contributed by atoms with E-state index in [-0.39, 0.29) is 17.9 Å². The summed E-state index contributed by atoms with van der Waals surface area (Å²) in [5, 5.41) is 56.4. The second-order valence-corrected chi connectivity index (χ2v) is 10.3. The Morgan fingerprint density at radius 2 is 1.81 bits per heavy atom. The van der Waals surface area contributed by atoms with E-state index < -0.39 is 52.9 Å². The maximum absolute atomic E-state index is 11.7. The third kappa shape index (κ3) is 1.52. The first-order valence-electron chi connectivity index (χ1n) is 9.81. The normalized spacial score (nSPS) is 62.7. The third-order valence-corrected chi connectivity index (χ3v) is 9.02. The van der Waals surface area contributed by atoms with E-state index in [1.165, 1.54) is 0 Å². The fraction of sp³-hybridized carbons (Fsp3) is 0.900. The largest absolute Gasteiger partial charge is 0.393 e. The molecule has 6 rings (SSSR count). The molecular weight excluding hydrogens is 336 g/mol. The molecule has 0 aromatic heterocycles. The van der Waals surface area contributed by atoms with Gasteiger partial charge in [0.1, 0.15) is 6.10 Å². The highest BCUT2D eigenvalue weighted by atomic mass is 16.6. The van der Waals surface area contributed by atoms with E-state index in [9.17, 15) is 25.5 Å². The summed E-state index contributed by atoms with van der Waals surface area (Å²) in [6.45, 7) is 8.20. The Balaban J connectivity index is 1.80. The van der Waals surface area contributed by atoms with Crippen LogP contribution < -0.4 is 0 Å². The number of fused-ring (bicyclic) bond motifs is 2. The maximum Gasteiger partial charge on any atom is 0.201 e. The molecule has 4 bridgehead atoms. The molecule has 4 aliphatic carbocycles. The van der Waals surface area contributed by atoms with E-state index >= 15 is 0 Å². The van der Waals surface area contributed by atoms with E-state index in [1.807, 2.05) is 13.8 Å². The Kier molecular flexibility index (Phi) is 3.20. The van der Waals surface area contributed by atoms with Crippen LogP contribution in [0.2, 0.25) is 0 Å². The predicted octanol–water partition coefficient (Wildman–Crippen LogP) is 0.167. The lowest BCUT2D eigenvalue weighted by Crippen LogP contribution is -2.85. The van der Waals surface area contributed by atoms with Crippen LogP contribution >= 0.6 is 0 Å². The Hall–Kier alpha value is -0.500. The van der Waals surface area contributed by atoms with Crippen LogP contribution in [0.1, 0.15) is 39.5 Å². The van der Waals surface area contributed by atoms with Gasteiger partial charge < -0.3 is 30.3 Å². The standard InChI is InChI=1S/C20H30O6/c1-9-10-6-11(21)13-18-8-26-20(25,19(13,7-10)15(9)23)16(24)14(18)17(2,3)5-4-12(18)22/h10-16,21-25H,1,4-8H2,2-3H3/t10-,11-,12+,13+,14-,15-,16+,18+,19+,20-/m1/s1. The van der Waals surface area contributed by atoms with Crippen molar-refractivity contribution in [1.29, 1.82) is 0 Å². The lowest BCUT2D eigenvalue weighted by Gasteiger charge is -2.75. The molecule has 0 unspecified atom stereocenters. The van der Waals surface area contributed by atoms with Gasteiger partial charge in [-0.2, -0.15) is 0 Å². The average molecular weight is 366 g/mol. The first-order valence-corrected chi connectivity index (χ1v) is 9.81. The van der Waals surface area contributed by atoms with E-state index in [1.54, 1.807) is 0 Å². The number of aliphatic hydroxyl groups excluding tert-OH is 4. The summed E-state index contributed by atoms with van der Waals surface area (Å²) in [7, 11) is 0. The van der Waals surface area contributed by atoms with E-state index in [2.05, 4.69) is 6.58 Å². The monoisotopic (exact) mass is 366 g/mol. The van der Waals surface area contributed by atoms with Crippen molar-refractivity contribution < 1.29 is 30.3 Å². The molecule has 2 spiro atoms. The van der Waals surface area contributed by atoms with Crippen LogP contribution in [-0.4, -0.2) is 62.3 Å². The number of aliphatic hydroxyl groups is 5. The van der Waals surface area contributed by atoms with E-state index in [0.29, 0.717) is 24.8 Å². The van der Waals surface area contributed by atoms with Gasteiger partial charge in [0, 0.05) is 17.3 Å². The molecule has 0 radical (unpaired) electrons. The van der Waals surface area contributed by atoms with Crippen LogP contribution in [0, 0.1) is 34.0 Å². The molecule has 5 N–H and O–H groups in total. The van der Waals surface area contributed by atoms with E-state index in [4.69, 9.17) is 4.74 Å². The summed E-state index contributed by atoms with van der Waals surface area (Å²) < 4.78 is 5.89. The number of ether oxygens (including phenoxy) is 1. The Morgan fingerprint density at radius 3 is 2.50 bits per heavy atom.